The maximum absolute atomic E-state index is 13.0. The van der Waals surface area contributed by atoms with Gasteiger partial charge in [-0.25, -0.2) is 4.39 Å². The van der Waals surface area contributed by atoms with Crippen LogP contribution in [0.1, 0.15) is 24.0 Å². The lowest BCUT2D eigenvalue weighted by molar-refractivity contribution is -0.137. The van der Waals surface area contributed by atoms with Gasteiger partial charge in [-0.05, 0) is 36.7 Å². The van der Waals surface area contributed by atoms with E-state index in [1.807, 2.05) is 0 Å². The SMILES string of the molecule is C#CCCCNCc1cc(F)cc(C(F)(F)F)c1. The van der Waals surface area contributed by atoms with Gasteiger partial charge in [0.05, 0.1) is 5.56 Å². The Balaban J connectivity index is 2.61. The first-order chi connectivity index (χ1) is 8.43. The largest absolute Gasteiger partial charge is 0.416 e. The van der Waals surface area contributed by atoms with Crippen LogP contribution >= 0.6 is 0 Å². The van der Waals surface area contributed by atoms with E-state index < -0.39 is 17.6 Å². The summed E-state index contributed by atoms with van der Waals surface area (Å²) in [7, 11) is 0. The highest BCUT2D eigenvalue weighted by molar-refractivity contribution is 5.26. The van der Waals surface area contributed by atoms with Gasteiger partial charge in [0, 0.05) is 13.0 Å². The molecule has 0 spiro atoms. The van der Waals surface area contributed by atoms with Crippen molar-refractivity contribution in [2.24, 2.45) is 0 Å². The highest BCUT2D eigenvalue weighted by Gasteiger charge is 2.31. The Morgan fingerprint density at radius 1 is 1.22 bits per heavy atom. The van der Waals surface area contributed by atoms with Gasteiger partial charge >= 0.3 is 6.18 Å². The summed E-state index contributed by atoms with van der Waals surface area (Å²) in [5.74, 6) is 1.57. The molecule has 0 aliphatic carbocycles. The van der Waals surface area contributed by atoms with Crippen molar-refractivity contribution in [3.63, 3.8) is 0 Å². The van der Waals surface area contributed by atoms with Crippen LogP contribution in [-0.2, 0) is 12.7 Å². The number of terminal acetylenes is 1. The lowest BCUT2D eigenvalue weighted by Crippen LogP contribution is -2.15. The maximum Gasteiger partial charge on any atom is 0.416 e. The Morgan fingerprint density at radius 3 is 2.56 bits per heavy atom. The van der Waals surface area contributed by atoms with E-state index in [4.69, 9.17) is 6.42 Å². The Bertz CT molecular complexity index is 432. The van der Waals surface area contributed by atoms with Crippen molar-refractivity contribution >= 4 is 0 Å². The molecule has 0 unspecified atom stereocenters. The second-order valence-corrected chi connectivity index (χ2v) is 3.83. The van der Waals surface area contributed by atoms with Crippen LogP contribution < -0.4 is 5.32 Å². The number of rotatable bonds is 5. The quantitative estimate of drug-likeness (QED) is 0.486. The fourth-order valence-electron chi connectivity index (χ4n) is 1.46. The van der Waals surface area contributed by atoms with Crippen LogP contribution in [-0.4, -0.2) is 6.54 Å². The van der Waals surface area contributed by atoms with Crippen LogP contribution in [0.4, 0.5) is 17.6 Å². The molecule has 1 aromatic carbocycles. The summed E-state index contributed by atoms with van der Waals surface area (Å²) >= 11 is 0. The fraction of sp³-hybridized carbons (Fsp3) is 0.385. The fourth-order valence-corrected chi connectivity index (χ4v) is 1.46. The normalized spacial score (nSPS) is 11.3. The van der Waals surface area contributed by atoms with Gasteiger partial charge in [0.25, 0.3) is 0 Å². The molecule has 1 N–H and O–H groups in total. The van der Waals surface area contributed by atoms with Crippen LogP contribution in [0.5, 0.6) is 0 Å². The van der Waals surface area contributed by atoms with E-state index in [1.54, 1.807) is 0 Å². The van der Waals surface area contributed by atoms with Crippen molar-refractivity contribution < 1.29 is 17.6 Å². The van der Waals surface area contributed by atoms with Crippen LogP contribution in [0.3, 0.4) is 0 Å². The monoisotopic (exact) mass is 259 g/mol. The molecule has 0 amide bonds. The van der Waals surface area contributed by atoms with Crippen molar-refractivity contribution in [2.45, 2.75) is 25.6 Å². The van der Waals surface area contributed by atoms with Gasteiger partial charge < -0.3 is 5.32 Å². The van der Waals surface area contributed by atoms with E-state index in [0.717, 1.165) is 18.6 Å². The molecule has 0 saturated carbocycles. The van der Waals surface area contributed by atoms with Gasteiger partial charge in [0.1, 0.15) is 5.82 Å². The lowest BCUT2D eigenvalue weighted by atomic mass is 10.1. The van der Waals surface area contributed by atoms with Crippen molar-refractivity contribution in [2.75, 3.05) is 6.54 Å². The number of hydrogen-bond acceptors (Lipinski definition) is 1. The average Bonchev–Trinajstić information content (AvgIpc) is 2.27. The van der Waals surface area contributed by atoms with Gasteiger partial charge in [-0.1, -0.05) is 0 Å². The van der Waals surface area contributed by atoms with Gasteiger partial charge in [-0.3, -0.25) is 0 Å². The molecule has 0 aliphatic rings. The van der Waals surface area contributed by atoms with Crippen molar-refractivity contribution in [1.82, 2.24) is 5.32 Å². The van der Waals surface area contributed by atoms with E-state index in [0.29, 0.717) is 19.0 Å². The summed E-state index contributed by atoms with van der Waals surface area (Å²) in [6, 6.07) is 2.52. The highest BCUT2D eigenvalue weighted by Crippen LogP contribution is 2.30. The number of hydrogen-bond donors (Lipinski definition) is 1. The standard InChI is InChI=1S/C13H13F4N/c1-2-3-4-5-18-9-10-6-11(13(15,16)17)8-12(14)7-10/h1,6-8,18H,3-5,9H2. The van der Waals surface area contributed by atoms with Crippen LogP contribution in [0, 0.1) is 18.2 Å². The molecule has 0 fully saturated rings. The zero-order valence-corrected chi connectivity index (χ0v) is 9.65. The minimum absolute atomic E-state index is 0.186. The van der Waals surface area contributed by atoms with Crippen molar-refractivity contribution in [1.29, 1.82) is 0 Å². The Labute approximate surface area is 103 Å². The van der Waals surface area contributed by atoms with Gasteiger partial charge in [0.15, 0.2) is 0 Å². The number of halogens is 4. The first-order valence-corrected chi connectivity index (χ1v) is 5.44. The third-order valence-corrected chi connectivity index (χ3v) is 2.29. The molecule has 1 rings (SSSR count). The summed E-state index contributed by atoms with van der Waals surface area (Å²) in [5, 5.41) is 2.91. The third kappa shape index (κ3) is 4.76. The first kappa shape index (κ1) is 14.5. The molecule has 98 valence electrons. The highest BCUT2D eigenvalue weighted by atomic mass is 19.4. The molecule has 1 aromatic rings. The van der Waals surface area contributed by atoms with E-state index in [9.17, 15) is 17.6 Å². The van der Waals surface area contributed by atoms with E-state index in [1.165, 1.54) is 0 Å². The minimum Gasteiger partial charge on any atom is -0.313 e. The number of alkyl halides is 3. The summed E-state index contributed by atoms with van der Waals surface area (Å²) in [5.41, 5.74) is -0.703. The lowest BCUT2D eigenvalue weighted by Gasteiger charge is -2.10. The number of unbranched alkanes of at least 4 members (excludes halogenated alkanes) is 1. The van der Waals surface area contributed by atoms with Crippen LogP contribution in [0.2, 0.25) is 0 Å². The molecule has 5 heteroatoms. The molecule has 0 atom stereocenters. The molecule has 0 heterocycles. The second kappa shape index (κ2) is 6.41. The topological polar surface area (TPSA) is 12.0 Å². The zero-order valence-electron chi connectivity index (χ0n) is 9.65. The van der Waals surface area contributed by atoms with Crippen molar-refractivity contribution in [3.05, 3.63) is 35.1 Å². The molecule has 0 saturated heterocycles. The molecule has 0 aliphatic heterocycles. The van der Waals surface area contributed by atoms with Crippen molar-refractivity contribution in [3.8, 4) is 12.3 Å². The Morgan fingerprint density at radius 2 is 1.94 bits per heavy atom. The average molecular weight is 259 g/mol. The van der Waals surface area contributed by atoms with Gasteiger partial charge in [-0.2, -0.15) is 13.2 Å². The van der Waals surface area contributed by atoms with E-state index in [-0.39, 0.29) is 12.1 Å². The van der Waals surface area contributed by atoms with Gasteiger partial charge in [0.2, 0.25) is 0 Å². The van der Waals surface area contributed by atoms with Gasteiger partial charge in [-0.15, -0.1) is 12.3 Å². The molecule has 0 radical (unpaired) electrons. The molecular formula is C13H13F4N. The van der Waals surface area contributed by atoms with E-state index in [2.05, 4.69) is 11.2 Å². The molecule has 1 nitrogen and oxygen atoms in total. The minimum atomic E-state index is -4.53. The summed E-state index contributed by atoms with van der Waals surface area (Å²) in [6.45, 7) is 0.771. The summed E-state index contributed by atoms with van der Waals surface area (Å²) in [4.78, 5) is 0. The summed E-state index contributed by atoms with van der Waals surface area (Å²) in [6.07, 6.45) is 1.86. The Hall–Kier alpha value is -1.54. The molecule has 0 aromatic heterocycles. The summed E-state index contributed by atoms with van der Waals surface area (Å²) < 4.78 is 50.3. The predicted molar refractivity (Wildman–Crippen MR) is 61.2 cm³/mol. The second-order valence-electron chi connectivity index (χ2n) is 3.83. The molecular weight excluding hydrogens is 246 g/mol. The third-order valence-electron chi connectivity index (χ3n) is 2.29. The van der Waals surface area contributed by atoms with E-state index >= 15 is 0 Å². The zero-order chi connectivity index (χ0) is 13.6. The smallest absolute Gasteiger partial charge is 0.313 e. The molecule has 18 heavy (non-hydrogen) atoms. The number of benzene rings is 1. The van der Waals surface area contributed by atoms with Crippen LogP contribution in [0.25, 0.3) is 0 Å². The first-order valence-electron chi connectivity index (χ1n) is 5.44. The molecule has 0 bridgehead atoms. The predicted octanol–water partition coefficient (Wildman–Crippen LogP) is 3.35. The number of nitrogens with one attached hydrogen (secondary N) is 1. The van der Waals surface area contributed by atoms with Crippen LogP contribution in [0.15, 0.2) is 18.2 Å². The Kier molecular flexibility index (Phi) is 5.17. The maximum atomic E-state index is 13.0.